The van der Waals surface area contributed by atoms with Gasteiger partial charge in [0.15, 0.2) is 0 Å². The Morgan fingerprint density at radius 2 is 1.34 bits per heavy atom. The molecule has 1 saturated heterocycles. The quantitative estimate of drug-likeness (QED) is 0.453. The smallest absolute Gasteiger partial charge is 0.308 e. The Balaban J connectivity index is 1.38. The number of rotatable bonds is 7. The lowest BCUT2D eigenvalue weighted by atomic mass is 9.96. The van der Waals surface area contributed by atoms with E-state index in [-0.39, 0.29) is 12.0 Å². The van der Waals surface area contributed by atoms with E-state index >= 15 is 0 Å². The van der Waals surface area contributed by atoms with Crippen molar-refractivity contribution in [2.75, 3.05) is 32.7 Å². The number of hydrogen-bond donors (Lipinski definition) is 1. The van der Waals surface area contributed by atoms with Crippen molar-refractivity contribution in [2.45, 2.75) is 19.1 Å². The van der Waals surface area contributed by atoms with Crippen LogP contribution in [0.3, 0.4) is 0 Å². The Bertz CT molecular complexity index is 945. The number of nitrogens with zero attached hydrogens (tertiary/aromatic N) is 2. The van der Waals surface area contributed by atoms with Crippen molar-refractivity contribution in [2.24, 2.45) is 0 Å². The second-order valence-corrected chi connectivity index (χ2v) is 8.24. The van der Waals surface area contributed by atoms with Gasteiger partial charge in [-0.15, -0.1) is 0 Å². The molecule has 1 unspecified atom stereocenters. The molecular formula is C27H30N2O3. The van der Waals surface area contributed by atoms with Crippen molar-refractivity contribution in [3.63, 3.8) is 0 Å². The SMILES string of the molecule is CC(=O)Oc1ccc(C(O)CN2CCN(C(c3ccccc3)c3ccccc3)CC2)cc1. The van der Waals surface area contributed by atoms with Gasteiger partial charge in [-0.2, -0.15) is 0 Å². The molecule has 5 heteroatoms. The standard InChI is InChI=1S/C27H30N2O3/c1-21(30)32-25-14-12-22(13-15-25)26(31)20-28-16-18-29(19-17-28)27(23-8-4-2-5-9-23)24-10-6-3-7-11-24/h2-15,26-27,31H,16-20H2,1H3. The number of benzene rings is 3. The molecule has 0 aromatic heterocycles. The first-order valence-corrected chi connectivity index (χ1v) is 11.1. The number of ether oxygens (including phenoxy) is 1. The molecule has 0 aliphatic carbocycles. The van der Waals surface area contributed by atoms with Gasteiger partial charge in [0.2, 0.25) is 0 Å². The molecular weight excluding hydrogens is 400 g/mol. The minimum absolute atomic E-state index is 0.235. The summed E-state index contributed by atoms with van der Waals surface area (Å²) in [6, 6.07) is 28.7. The highest BCUT2D eigenvalue weighted by atomic mass is 16.5. The van der Waals surface area contributed by atoms with E-state index in [0.29, 0.717) is 12.3 Å². The van der Waals surface area contributed by atoms with Gasteiger partial charge in [-0.1, -0.05) is 72.8 Å². The Morgan fingerprint density at radius 1 is 0.812 bits per heavy atom. The van der Waals surface area contributed by atoms with E-state index in [1.165, 1.54) is 18.1 Å². The van der Waals surface area contributed by atoms with Crippen molar-refractivity contribution >= 4 is 5.97 Å². The summed E-state index contributed by atoms with van der Waals surface area (Å²) in [6.45, 7) is 5.64. The minimum Gasteiger partial charge on any atom is -0.427 e. The molecule has 1 aliphatic heterocycles. The van der Waals surface area contributed by atoms with Crippen LogP contribution in [0.1, 0.15) is 35.8 Å². The third-order valence-corrected chi connectivity index (χ3v) is 5.96. The molecule has 32 heavy (non-hydrogen) atoms. The zero-order valence-corrected chi connectivity index (χ0v) is 18.4. The lowest BCUT2D eigenvalue weighted by Crippen LogP contribution is -2.48. The zero-order chi connectivity index (χ0) is 22.3. The molecule has 1 aliphatic rings. The zero-order valence-electron chi connectivity index (χ0n) is 18.4. The predicted octanol–water partition coefficient (Wildman–Crippen LogP) is 4.05. The number of carbonyl (C=O) groups is 1. The summed E-state index contributed by atoms with van der Waals surface area (Å²) in [5.74, 6) is 0.149. The Labute approximate surface area is 189 Å². The molecule has 4 rings (SSSR count). The number of β-amino-alcohol motifs (C(OH)–C–C–N with tert-alkyl or cyclic N) is 1. The maximum Gasteiger partial charge on any atom is 0.308 e. The summed E-state index contributed by atoms with van der Waals surface area (Å²) in [7, 11) is 0. The fourth-order valence-electron chi connectivity index (χ4n) is 4.36. The molecule has 166 valence electrons. The van der Waals surface area contributed by atoms with Crippen molar-refractivity contribution in [1.29, 1.82) is 0 Å². The van der Waals surface area contributed by atoms with E-state index < -0.39 is 6.10 Å². The number of aliphatic hydroxyl groups is 1. The van der Waals surface area contributed by atoms with Crippen LogP contribution in [0.2, 0.25) is 0 Å². The Kier molecular flexibility index (Phi) is 7.32. The number of piperazine rings is 1. The van der Waals surface area contributed by atoms with Crippen LogP contribution in [0.25, 0.3) is 0 Å². The lowest BCUT2D eigenvalue weighted by Gasteiger charge is -2.40. The maximum atomic E-state index is 11.1. The van der Waals surface area contributed by atoms with Crippen LogP contribution in [0, 0.1) is 0 Å². The maximum absolute atomic E-state index is 11.1. The molecule has 0 saturated carbocycles. The summed E-state index contributed by atoms with van der Waals surface area (Å²) < 4.78 is 5.07. The van der Waals surface area contributed by atoms with Crippen molar-refractivity contribution in [3.8, 4) is 5.75 Å². The molecule has 1 N–H and O–H groups in total. The summed E-state index contributed by atoms with van der Waals surface area (Å²) >= 11 is 0. The van der Waals surface area contributed by atoms with Gasteiger partial charge in [-0.25, -0.2) is 0 Å². The molecule has 5 nitrogen and oxygen atoms in total. The summed E-state index contributed by atoms with van der Waals surface area (Å²) in [4.78, 5) is 15.9. The van der Waals surface area contributed by atoms with E-state index in [9.17, 15) is 9.90 Å². The van der Waals surface area contributed by atoms with E-state index in [1.807, 2.05) is 12.1 Å². The molecule has 0 spiro atoms. The van der Waals surface area contributed by atoms with Crippen LogP contribution in [0.4, 0.5) is 0 Å². The number of aliphatic hydroxyl groups excluding tert-OH is 1. The highest BCUT2D eigenvalue weighted by Gasteiger charge is 2.27. The summed E-state index contributed by atoms with van der Waals surface area (Å²) in [5.41, 5.74) is 3.44. The second kappa shape index (κ2) is 10.6. The third-order valence-electron chi connectivity index (χ3n) is 5.96. The Morgan fingerprint density at radius 3 is 1.84 bits per heavy atom. The predicted molar refractivity (Wildman–Crippen MR) is 125 cm³/mol. The normalized spacial score (nSPS) is 16.1. The fraction of sp³-hybridized carbons (Fsp3) is 0.296. The summed E-state index contributed by atoms with van der Waals surface area (Å²) in [6.07, 6.45) is -0.577. The van der Waals surface area contributed by atoms with E-state index in [1.54, 1.807) is 12.1 Å². The van der Waals surface area contributed by atoms with Gasteiger partial charge in [-0.05, 0) is 28.8 Å². The molecule has 0 radical (unpaired) electrons. The van der Waals surface area contributed by atoms with Crippen LogP contribution in [0.5, 0.6) is 5.75 Å². The largest absolute Gasteiger partial charge is 0.427 e. The highest BCUT2D eigenvalue weighted by molar-refractivity contribution is 5.69. The van der Waals surface area contributed by atoms with Gasteiger partial charge in [0.25, 0.3) is 0 Å². The van der Waals surface area contributed by atoms with Gasteiger partial charge >= 0.3 is 5.97 Å². The molecule has 3 aromatic carbocycles. The van der Waals surface area contributed by atoms with Crippen molar-refractivity contribution < 1.29 is 14.6 Å². The second-order valence-electron chi connectivity index (χ2n) is 8.24. The molecule has 0 bridgehead atoms. The van der Waals surface area contributed by atoms with Crippen LogP contribution in [0.15, 0.2) is 84.9 Å². The van der Waals surface area contributed by atoms with Crippen molar-refractivity contribution in [3.05, 3.63) is 102 Å². The first kappa shape index (κ1) is 22.2. The van der Waals surface area contributed by atoms with Gasteiger partial charge < -0.3 is 9.84 Å². The number of carbonyl (C=O) groups excluding carboxylic acids is 1. The number of esters is 1. The fourth-order valence-corrected chi connectivity index (χ4v) is 4.36. The van der Waals surface area contributed by atoms with Gasteiger partial charge in [0, 0.05) is 39.6 Å². The first-order chi connectivity index (χ1) is 15.6. The third kappa shape index (κ3) is 5.62. The summed E-state index contributed by atoms with van der Waals surface area (Å²) in [5, 5.41) is 10.7. The minimum atomic E-state index is -0.577. The van der Waals surface area contributed by atoms with Crippen LogP contribution >= 0.6 is 0 Å². The van der Waals surface area contributed by atoms with Crippen molar-refractivity contribution in [1.82, 2.24) is 9.80 Å². The lowest BCUT2D eigenvalue weighted by molar-refractivity contribution is -0.131. The number of hydrogen-bond acceptors (Lipinski definition) is 5. The first-order valence-electron chi connectivity index (χ1n) is 11.1. The average molecular weight is 431 g/mol. The molecule has 0 amide bonds. The molecule has 1 fully saturated rings. The Hall–Kier alpha value is -2.99. The topological polar surface area (TPSA) is 53.0 Å². The van der Waals surface area contributed by atoms with Crippen LogP contribution in [-0.2, 0) is 4.79 Å². The van der Waals surface area contributed by atoms with Crippen LogP contribution in [-0.4, -0.2) is 53.6 Å². The molecule has 3 aromatic rings. The monoisotopic (exact) mass is 430 g/mol. The highest BCUT2D eigenvalue weighted by Crippen LogP contribution is 2.30. The van der Waals surface area contributed by atoms with E-state index in [0.717, 1.165) is 31.7 Å². The molecule has 1 atom stereocenters. The van der Waals surface area contributed by atoms with Gasteiger partial charge in [-0.3, -0.25) is 14.6 Å². The molecule has 1 heterocycles. The van der Waals surface area contributed by atoms with Gasteiger partial charge in [0.1, 0.15) is 5.75 Å². The van der Waals surface area contributed by atoms with Gasteiger partial charge in [0.05, 0.1) is 12.1 Å². The average Bonchev–Trinajstić information content (AvgIpc) is 2.82. The van der Waals surface area contributed by atoms with E-state index in [4.69, 9.17) is 4.74 Å². The van der Waals surface area contributed by atoms with Crippen LogP contribution < -0.4 is 4.74 Å². The van der Waals surface area contributed by atoms with E-state index in [2.05, 4.69) is 70.5 Å².